The molecule has 0 aliphatic carbocycles. The first kappa shape index (κ1) is 20.2. The number of para-hydroxylation sites is 1. The Morgan fingerprint density at radius 3 is 2.74 bits per heavy atom. The van der Waals surface area contributed by atoms with E-state index in [0.29, 0.717) is 31.0 Å². The molecule has 2 aromatic rings. The highest BCUT2D eigenvalue weighted by Crippen LogP contribution is 2.41. The predicted molar refractivity (Wildman–Crippen MR) is 116 cm³/mol. The Morgan fingerprint density at radius 1 is 1.10 bits per heavy atom. The van der Waals surface area contributed by atoms with Gasteiger partial charge in [-0.15, -0.1) is 0 Å². The highest BCUT2D eigenvalue weighted by atomic mass is 16.5. The van der Waals surface area contributed by atoms with Gasteiger partial charge in [-0.05, 0) is 25.0 Å². The summed E-state index contributed by atoms with van der Waals surface area (Å²) >= 11 is 0. The van der Waals surface area contributed by atoms with Crippen LogP contribution in [0, 0.1) is 0 Å². The molecule has 4 N–H and O–H groups in total. The fourth-order valence-corrected chi connectivity index (χ4v) is 4.73. The number of benzene rings is 2. The highest BCUT2D eigenvalue weighted by molar-refractivity contribution is 6.36. The van der Waals surface area contributed by atoms with Crippen LogP contribution in [-0.4, -0.2) is 63.6 Å². The van der Waals surface area contributed by atoms with Crippen molar-refractivity contribution in [2.45, 2.75) is 44.3 Å². The number of likely N-dealkylation sites (tertiary alicyclic amines) is 1. The summed E-state index contributed by atoms with van der Waals surface area (Å²) < 4.78 is 5.96. The van der Waals surface area contributed by atoms with E-state index in [9.17, 15) is 20.1 Å². The number of ether oxygens (including phenoxy) is 1. The number of aliphatic hydroxyl groups excluding tert-OH is 3. The number of nitrogens with one attached hydrogen (secondary N) is 1. The fourth-order valence-electron chi connectivity index (χ4n) is 4.73. The number of fused-ring (bicyclic) bond motifs is 2. The number of anilines is 1. The number of carbonyl (C=O) groups is 1. The van der Waals surface area contributed by atoms with Crippen LogP contribution < -0.4 is 5.32 Å². The third kappa shape index (κ3) is 3.43. The monoisotopic (exact) mass is 422 g/mol. The zero-order chi connectivity index (χ0) is 21.7. The predicted octanol–water partition coefficient (Wildman–Crippen LogP) is 1.37. The molecular weight excluding hydrogens is 396 g/mol. The van der Waals surface area contributed by atoms with Gasteiger partial charge >= 0.3 is 0 Å². The molecule has 3 aliphatic heterocycles. The number of nitrogens with zero attached hydrogens (tertiary/aromatic N) is 1. The molecule has 162 valence electrons. The third-order valence-electron chi connectivity index (χ3n) is 6.61. The molecule has 0 bridgehead atoms. The lowest BCUT2D eigenvalue weighted by molar-refractivity contribution is -0.132. The molecule has 5 rings (SSSR count). The second-order valence-electron chi connectivity index (χ2n) is 8.52. The lowest BCUT2D eigenvalue weighted by Gasteiger charge is -2.42. The van der Waals surface area contributed by atoms with Crippen molar-refractivity contribution in [3.8, 4) is 0 Å². The highest BCUT2D eigenvalue weighted by Gasteiger charge is 2.38. The number of amides is 1. The summed E-state index contributed by atoms with van der Waals surface area (Å²) in [5, 5.41) is 32.9. The van der Waals surface area contributed by atoms with Crippen LogP contribution in [0.1, 0.15) is 29.2 Å². The first-order chi connectivity index (χ1) is 14.9. The molecule has 0 aromatic heterocycles. The van der Waals surface area contributed by atoms with Gasteiger partial charge in [-0.25, -0.2) is 0 Å². The maximum Gasteiger partial charge on any atom is 0.260 e. The van der Waals surface area contributed by atoms with Gasteiger partial charge < -0.3 is 25.4 Å². The number of piperidine rings is 1. The van der Waals surface area contributed by atoms with Crippen molar-refractivity contribution in [2.75, 3.05) is 18.4 Å². The SMILES string of the molecule is C[C@H]1[C@@H](O)[C@@H](O)[C@H](O)CN1CCc1ccc2c(c1)CO/C2=C1/C(=O)Nc2ccccc21. The van der Waals surface area contributed by atoms with E-state index < -0.39 is 18.3 Å². The molecule has 0 unspecified atom stereocenters. The molecule has 3 heterocycles. The van der Waals surface area contributed by atoms with Gasteiger partial charge in [-0.1, -0.05) is 36.4 Å². The van der Waals surface area contributed by atoms with Crippen LogP contribution in [0.15, 0.2) is 42.5 Å². The number of aliphatic hydroxyl groups is 3. The number of carbonyl (C=O) groups excluding carboxylic acids is 1. The molecular formula is C24H26N2O5. The minimum Gasteiger partial charge on any atom is -0.487 e. The van der Waals surface area contributed by atoms with Gasteiger partial charge in [0.15, 0.2) is 0 Å². The minimum atomic E-state index is -1.10. The molecule has 1 saturated heterocycles. The Kier molecular flexibility index (Phi) is 5.06. The van der Waals surface area contributed by atoms with Gasteiger partial charge in [0.25, 0.3) is 5.91 Å². The molecule has 7 nitrogen and oxygen atoms in total. The second kappa shape index (κ2) is 7.76. The fraction of sp³-hybridized carbons (Fsp3) is 0.375. The number of hydrogen-bond donors (Lipinski definition) is 4. The quantitative estimate of drug-likeness (QED) is 0.558. The summed E-state index contributed by atoms with van der Waals surface area (Å²) in [5.41, 5.74) is 5.33. The first-order valence-corrected chi connectivity index (χ1v) is 10.6. The molecule has 4 atom stereocenters. The summed E-state index contributed by atoms with van der Waals surface area (Å²) in [6, 6.07) is 13.5. The van der Waals surface area contributed by atoms with Crippen molar-refractivity contribution in [2.24, 2.45) is 0 Å². The molecule has 1 amide bonds. The molecule has 3 aliphatic rings. The van der Waals surface area contributed by atoms with E-state index >= 15 is 0 Å². The Morgan fingerprint density at radius 2 is 1.90 bits per heavy atom. The van der Waals surface area contributed by atoms with Crippen molar-refractivity contribution in [1.82, 2.24) is 4.90 Å². The topological polar surface area (TPSA) is 102 Å². The molecule has 0 radical (unpaired) electrons. The van der Waals surface area contributed by atoms with Gasteiger partial charge in [0.05, 0.1) is 17.8 Å². The van der Waals surface area contributed by atoms with Gasteiger partial charge in [0.2, 0.25) is 0 Å². The van der Waals surface area contributed by atoms with E-state index in [1.165, 1.54) is 0 Å². The maximum atomic E-state index is 12.6. The standard InChI is InChI=1S/C24H26N2O5/c1-13-21(28)22(29)19(27)11-26(13)9-8-14-6-7-16-15(10-14)12-31-23(16)20-17-4-2-3-5-18(17)25-24(20)30/h2-7,10,13,19,21-22,27-29H,8-9,11-12H2,1H3,(H,25,30)/b23-20+/t13-,19+,21+,22-/m0/s1. The van der Waals surface area contributed by atoms with E-state index in [4.69, 9.17) is 4.74 Å². The number of hydrogen-bond acceptors (Lipinski definition) is 6. The van der Waals surface area contributed by atoms with Crippen LogP contribution in [0.4, 0.5) is 5.69 Å². The van der Waals surface area contributed by atoms with E-state index in [1.807, 2.05) is 48.2 Å². The number of rotatable bonds is 3. The van der Waals surface area contributed by atoms with Crippen molar-refractivity contribution < 1.29 is 24.9 Å². The molecule has 7 heteroatoms. The van der Waals surface area contributed by atoms with Gasteiger partial charge in [-0.3, -0.25) is 9.69 Å². The lowest BCUT2D eigenvalue weighted by Crippen LogP contribution is -2.60. The Hall–Kier alpha value is -2.71. The largest absolute Gasteiger partial charge is 0.487 e. The zero-order valence-electron chi connectivity index (χ0n) is 17.3. The smallest absolute Gasteiger partial charge is 0.260 e. The third-order valence-corrected chi connectivity index (χ3v) is 6.61. The normalized spacial score (nSPS) is 30.0. The summed E-state index contributed by atoms with van der Waals surface area (Å²) in [4.78, 5) is 14.6. The van der Waals surface area contributed by atoms with Gasteiger partial charge in [-0.2, -0.15) is 0 Å². The lowest BCUT2D eigenvalue weighted by atomic mass is 9.94. The first-order valence-electron chi connectivity index (χ1n) is 10.6. The van der Waals surface area contributed by atoms with E-state index in [1.54, 1.807) is 0 Å². The van der Waals surface area contributed by atoms with Crippen LogP contribution >= 0.6 is 0 Å². The molecule has 0 saturated carbocycles. The van der Waals surface area contributed by atoms with E-state index in [0.717, 1.165) is 34.4 Å². The van der Waals surface area contributed by atoms with Crippen LogP contribution in [0.25, 0.3) is 11.3 Å². The van der Waals surface area contributed by atoms with Gasteiger partial charge in [0.1, 0.15) is 18.5 Å². The molecule has 31 heavy (non-hydrogen) atoms. The van der Waals surface area contributed by atoms with Crippen LogP contribution in [0.2, 0.25) is 0 Å². The van der Waals surface area contributed by atoms with Crippen LogP contribution in [-0.2, 0) is 22.6 Å². The average molecular weight is 422 g/mol. The average Bonchev–Trinajstić information content (AvgIpc) is 3.32. The van der Waals surface area contributed by atoms with Crippen molar-refractivity contribution in [3.63, 3.8) is 0 Å². The summed E-state index contributed by atoms with van der Waals surface area (Å²) in [7, 11) is 0. The summed E-state index contributed by atoms with van der Waals surface area (Å²) in [5.74, 6) is 0.473. The minimum absolute atomic E-state index is 0.147. The number of β-amino-alcohol motifs (C(OH)–C–C–N with tert-alkyl or cyclic N) is 1. The van der Waals surface area contributed by atoms with Crippen molar-refractivity contribution in [1.29, 1.82) is 0 Å². The van der Waals surface area contributed by atoms with Gasteiger partial charge in [0, 0.05) is 41.5 Å². The van der Waals surface area contributed by atoms with Crippen LogP contribution in [0.3, 0.4) is 0 Å². The summed E-state index contributed by atoms with van der Waals surface area (Å²) in [6.07, 6.45) is -2.28. The maximum absolute atomic E-state index is 12.6. The Bertz CT molecular complexity index is 1070. The van der Waals surface area contributed by atoms with E-state index in [-0.39, 0.29) is 11.9 Å². The molecule has 2 aromatic carbocycles. The summed E-state index contributed by atoms with van der Waals surface area (Å²) in [6.45, 7) is 3.27. The second-order valence-corrected chi connectivity index (χ2v) is 8.52. The Balaban J connectivity index is 1.36. The zero-order valence-corrected chi connectivity index (χ0v) is 17.3. The Labute approximate surface area is 180 Å². The molecule has 0 spiro atoms. The van der Waals surface area contributed by atoms with Crippen molar-refractivity contribution >= 4 is 22.9 Å². The van der Waals surface area contributed by atoms with Crippen molar-refractivity contribution in [3.05, 3.63) is 64.7 Å². The molecule has 1 fully saturated rings. The van der Waals surface area contributed by atoms with E-state index in [2.05, 4.69) is 11.4 Å². The van der Waals surface area contributed by atoms with Crippen LogP contribution in [0.5, 0.6) is 0 Å².